The molecule has 32 heavy (non-hydrogen) atoms. The molecule has 4 rings (SSSR count). The number of fused-ring (bicyclic) bond motifs is 1. The van der Waals surface area contributed by atoms with Crippen LogP contribution in [0.15, 0.2) is 39.5 Å². The fraction of sp³-hybridized carbons (Fsp3) is 0.286. The minimum Gasteiger partial charge on any atom is -0.508 e. The molecule has 1 aliphatic rings. The summed E-state index contributed by atoms with van der Waals surface area (Å²) in [6.45, 7) is -0.741. The van der Waals surface area contributed by atoms with E-state index in [1.807, 2.05) is 0 Å². The Morgan fingerprint density at radius 3 is 2.16 bits per heavy atom. The molecule has 8 N–H and O–H groups in total. The molecule has 1 aliphatic heterocycles. The van der Waals surface area contributed by atoms with Gasteiger partial charge in [0.2, 0.25) is 11.2 Å². The van der Waals surface area contributed by atoms with Crippen molar-refractivity contribution in [2.75, 3.05) is 6.61 Å². The molecule has 5 atom stereocenters. The van der Waals surface area contributed by atoms with Gasteiger partial charge in [-0.15, -0.1) is 0 Å². The number of aliphatic hydroxyl groups excluding tert-OH is 4. The lowest BCUT2D eigenvalue weighted by Crippen LogP contribution is -2.55. The Morgan fingerprint density at radius 2 is 1.53 bits per heavy atom. The average Bonchev–Trinajstić information content (AvgIpc) is 2.76. The molecule has 5 unspecified atom stereocenters. The minimum atomic E-state index is -1.84. The van der Waals surface area contributed by atoms with Crippen molar-refractivity contribution in [1.29, 1.82) is 0 Å². The molecule has 2 heterocycles. The van der Waals surface area contributed by atoms with Crippen LogP contribution in [0.25, 0.3) is 22.3 Å². The molecule has 0 saturated carbocycles. The Hall–Kier alpha value is -3.35. The SMILES string of the molecule is O=c1c(C2OC(CO)C(O)C(O)C2O)c(-c2ccc(O)cc2)oc2c(O)c(O)cc(O)c12. The van der Waals surface area contributed by atoms with E-state index in [2.05, 4.69) is 0 Å². The zero-order valence-electron chi connectivity index (χ0n) is 16.3. The molecule has 0 amide bonds. The van der Waals surface area contributed by atoms with Gasteiger partial charge in [-0.1, -0.05) is 0 Å². The summed E-state index contributed by atoms with van der Waals surface area (Å²) in [7, 11) is 0. The number of ether oxygens (including phenoxy) is 1. The summed E-state index contributed by atoms with van der Waals surface area (Å²) in [5, 5.41) is 79.6. The van der Waals surface area contributed by atoms with E-state index in [1.165, 1.54) is 24.3 Å². The van der Waals surface area contributed by atoms with Crippen molar-refractivity contribution >= 4 is 11.0 Å². The maximum absolute atomic E-state index is 13.4. The van der Waals surface area contributed by atoms with Crippen LogP contribution in [-0.4, -0.2) is 71.9 Å². The molecular formula is C21H20O11. The monoisotopic (exact) mass is 448 g/mol. The molecule has 1 fully saturated rings. The van der Waals surface area contributed by atoms with Crippen molar-refractivity contribution in [1.82, 2.24) is 0 Å². The van der Waals surface area contributed by atoms with Crippen LogP contribution >= 0.6 is 0 Å². The van der Waals surface area contributed by atoms with E-state index in [-0.39, 0.29) is 22.6 Å². The van der Waals surface area contributed by atoms with Gasteiger partial charge in [-0.05, 0) is 24.3 Å². The van der Waals surface area contributed by atoms with Crippen LogP contribution in [0.2, 0.25) is 0 Å². The third-order valence-electron chi connectivity index (χ3n) is 5.44. The first-order valence-electron chi connectivity index (χ1n) is 9.50. The summed E-state index contributed by atoms with van der Waals surface area (Å²) in [5.74, 6) is -2.69. The Balaban J connectivity index is 2.06. The van der Waals surface area contributed by atoms with Crippen molar-refractivity contribution in [3.63, 3.8) is 0 Å². The van der Waals surface area contributed by atoms with Gasteiger partial charge in [-0.25, -0.2) is 0 Å². The molecule has 0 bridgehead atoms. The van der Waals surface area contributed by atoms with Gasteiger partial charge in [-0.3, -0.25) is 4.79 Å². The number of rotatable bonds is 3. The molecule has 1 saturated heterocycles. The maximum Gasteiger partial charge on any atom is 0.203 e. The average molecular weight is 448 g/mol. The van der Waals surface area contributed by atoms with Crippen LogP contribution in [0.3, 0.4) is 0 Å². The summed E-state index contributed by atoms with van der Waals surface area (Å²) in [6.07, 6.45) is -8.26. The highest BCUT2D eigenvalue weighted by molar-refractivity contribution is 5.92. The second kappa shape index (κ2) is 7.97. The van der Waals surface area contributed by atoms with Crippen LogP contribution in [0.5, 0.6) is 23.0 Å². The van der Waals surface area contributed by atoms with Gasteiger partial charge in [0.25, 0.3) is 0 Å². The molecular weight excluding hydrogens is 428 g/mol. The molecule has 0 spiro atoms. The van der Waals surface area contributed by atoms with Crippen LogP contribution in [0.1, 0.15) is 11.7 Å². The first-order valence-corrected chi connectivity index (χ1v) is 9.50. The van der Waals surface area contributed by atoms with Crippen molar-refractivity contribution in [3.8, 4) is 34.3 Å². The highest BCUT2D eigenvalue weighted by Gasteiger charge is 2.46. The third kappa shape index (κ3) is 3.32. The first-order chi connectivity index (χ1) is 15.1. The summed E-state index contributed by atoms with van der Waals surface area (Å²) < 4.78 is 11.2. The van der Waals surface area contributed by atoms with Gasteiger partial charge in [0.05, 0.1) is 12.2 Å². The second-order valence-corrected chi connectivity index (χ2v) is 7.44. The number of hydrogen-bond acceptors (Lipinski definition) is 11. The lowest BCUT2D eigenvalue weighted by atomic mass is 9.89. The van der Waals surface area contributed by atoms with E-state index in [0.717, 1.165) is 6.07 Å². The quantitative estimate of drug-likeness (QED) is 0.195. The highest BCUT2D eigenvalue weighted by atomic mass is 16.5. The van der Waals surface area contributed by atoms with E-state index in [9.17, 15) is 45.6 Å². The molecule has 0 aliphatic carbocycles. The van der Waals surface area contributed by atoms with Gasteiger partial charge in [0.15, 0.2) is 11.3 Å². The molecule has 1 aromatic heterocycles. The lowest BCUT2D eigenvalue weighted by molar-refractivity contribution is -0.232. The Labute approximate surface area is 179 Å². The standard InChI is InChI=1S/C21H20O11/c22-6-11-15(27)17(29)18(30)21(31-11)13-16(28)12-9(24)5-10(25)14(26)20(12)32-19(13)7-1-3-8(23)4-2-7/h1-5,11,15,17-18,21-27,29-30H,6H2. The summed E-state index contributed by atoms with van der Waals surface area (Å²) in [6, 6.07) is 5.98. The van der Waals surface area contributed by atoms with Gasteiger partial charge < -0.3 is 50.0 Å². The van der Waals surface area contributed by atoms with Crippen LogP contribution < -0.4 is 5.43 Å². The van der Waals surface area contributed by atoms with Crippen molar-refractivity contribution in [3.05, 3.63) is 46.1 Å². The number of benzene rings is 2. The third-order valence-corrected chi connectivity index (χ3v) is 5.44. The lowest BCUT2D eigenvalue weighted by Gasteiger charge is -2.40. The molecule has 0 radical (unpaired) electrons. The predicted octanol–water partition coefficient (Wildman–Crippen LogP) is -0.203. The van der Waals surface area contributed by atoms with Crippen molar-refractivity contribution in [2.45, 2.75) is 30.5 Å². The van der Waals surface area contributed by atoms with E-state index < -0.39 is 70.8 Å². The Morgan fingerprint density at radius 1 is 0.875 bits per heavy atom. The van der Waals surface area contributed by atoms with Crippen LogP contribution in [0, 0.1) is 0 Å². The number of aromatic hydroxyl groups is 4. The number of hydrogen-bond donors (Lipinski definition) is 8. The van der Waals surface area contributed by atoms with E-state index in [0.29, 0.717) is 0 Å². The largest absolute Gasteiger partial charge is 0.508 e. The molecule has 11 nitrogen and oxygen atoms in total. The number of aliphatic hydroxyl groups is 4. The van der Waals surface area contributed by atoms with Crippen molar-refractivity contribution in [2.24, 2.45) is 0 Å². The predicted molar refractivity (Wildman–Crippen MR) is 107 cm³/mol. The van der Waals surface area contributed by atoms with E-state index in [4.69, 9.17) is 9.15 Å². The summed E-state index contributed by atoms with van der Waals surface area (Å²) in [5.41, 5.74) is -1.73. The van der Waals surface area contributed by atoms with Gasteiger partial charge in [0.1, 0.15) is 53.2 Å². The minimum absolute atomic E-state index is 0.107. The van der Waals surface area contributed by atoms with Crippen molar-refractivity contribution < 1.29 is 50.0 Å². The Kier molecular flexibility index (Phi) is 5.44. The first kappa shape index (κ1) is 21.9. The fourth-order valence-electron chi connectivity index (χ4n) is 3.76. The fourth-order valence-corrected chi connectivity index (χ4v) is 3.76. The van der Waals surface area contributed by atoms with E-state index in [1.54, 1.807) is 0 Å². The van der Waals surface area contributed by atoms with Crippen LogP contribution in [0.4, 0.5) is 0 Å². The van der Waals surface area contributed by atoms with E-state index >= 15 is 0 Å². The topological polar surface area (TPSA) is 201 Å². The maximum atomic E-state index is 13.4. The zero-order chi connectivity index (χ0) is 23.3. The number of phenolic OH excluding ortho intramolecular Hbond substituents is 4. The summed E-state index contributed by atoms with van der Waals surface area (Å²) >= 11 is 0. The second-order valence-electron chi connectivity index (χ2n) is 7.44. The number of phenols is 4. The van der Waals surface area contributed by atoms with Gasteiger partial charge in [-0.2, -0.15) is 0 Å². The van der Waals surface area contributed by atoms with Gasteiger partial charge >= 0.3 is 0 Å². The molecule has 170 valence electrons. The highest BCUT2D eigenvalue weighted by Crippen LogP contribution is 2.43. The van der Waals surface area contributed by atoms with Crippen LogP contribution in [-0.2, 0) is 4.74 Å². The molecule has 2 aromatic carbocycles. The normalized spacial score (nSPS) is 25.8. The molecule has 3 aromatic rings. The molecule has 11 heteroatoms. The zero-order valence-corrected chi connectivity index (χ0v) is 16.3. The smallest absolute Gasteiger partial charge is 0.203 e. The van der Waals surface area contributed by atoms with Gasteiger partial charge in [0, 0.05) is 11.6 Å². The Bertz CT molecular complexity index is 1220. The summed E-state index contributed by atoms with van der Waals surface area (Å²) in [4.78, 5) is 13.4.